The van der Waals surface area contributed by atoms with Crippen molar-refractivity contribution < 1.29 is 9.16 Å². The molecule has 2 N–H and O–H groups in total. The number of hydrogen-bond donors (Lipinski definition) is 1. The molecule has 1 rings (SSSR count). The number of hydrogen-bond acceptors (Lipinski definition) is 3. The summed E-state index contributed by atoms with van der Waals surface area (Å²) < 4.78 is 12.3. The standard InChI is InChI=1S/C15H33NO2Si/c1-6-19(7-2,8-3)17-12-13(16)11-14-9-10-15(4,5)18-14/h13-14H,6-12,16H2,1-5H3/t13?,14-/m0/s1. The second kappa shape index (κ2) is 7.20. The van der Waals surface area contributed by atoms with Crippen LogP contribution < -0.4 is 5.73 Å². The molecule has 19 heavy (non-hydrogen) atoms. The van der Waals surface area contributed by atoms with Gasteiger partial charge in [0.15, 0.2) is 8.32 Å². The lowest BCUT2D eigenvalue weighted by molar-refractivity contribution is -0.0222. The third-order valence-electron chi connectivity index (χ3n) is 4.66. The molecule has 1 unspecified atom stereocenters. The van der Waals surface area contributed by atoms with Crippen molar-refractivity contribution in [3.63, 3.8) is 0 Å². The Balaban J connectivity index is 2.33. The lowest BCUT2D eigenvalue weighted by Crippen LogP contribution is -2.41. The van der Waals surface area contributed by atoms with Crippen LogP contribution in [-0.2, 0) is 9.16 Å². The van der Waals surface area contributed by atoms with Crippen LogP contribution in [0, 0.1) is 0 Å². The second-order valence-corrected chi connectivity index (χ2v) is 11.4. The number of ether oxygens (including phenoxy) is 1. The van der Waals surface area contributed by atoms with Crippen LogP contribution in [0.25, 0.3) is 0 Å². The van der Waals surface area contributed by atoms with E-state index in [-0.39, 0.29) is 11.6 Å². The van der Waals surface area contributed by atoms with Crippen molar-refractivity contribution in [1.29, 1.82) is 0 Å². The Hall–Kier alpha value is 0.0969. The van der Waals surface area contributed by atoms with E-state index in [0.29, 0.717) is 12.7 Å². The van der Waals surface area contributed by atoms with Crippen molar-refractivity contribution in [3.8, 4) is 0 Å². The zero-order valence-electron chi connectivity index (χ0n) is 13.5. The predicted molar refractivity (Wildman–Crippen MR) is 83.9 cm³/mol. The highest BCUT2D eigenvalue weighted by Gasteiger charge is 2.33. The van der Waals surface area contributed by atoms with Crippen LogP contribution in [0.2, 0.25) is 18.1 Å². The molecule has 3 nitrogen and oxygen atoms in total. The monoisotopic (exact) mass is 287 g/mol. The van der Waals surface area contributed by atoms with Crippen LogP contribution in [0.4, 0.5) is 0 Å². The molecule has 0 aromatic rings. The Bertz CT molecular complexity index is 259. The first-order chi connectivity index (χ1) is 8.86. The van der Waals surface area contributed by atoms with Gasteiger partial charge in [0.05, 0.1) is 11.7 Å². The molecule has 0 spiro atoms. The van der Waals surface area contributed by atoms with Gasteiger partial charge in [-0.05, 0) is 51.2 Å². The van der Waals surface area contributed by atoms with E-state index in [4.69, 9.17) is 14.9 Å². The van der Waals surface area contributed by atoms with Crippen molar-refractivity contribution >= 4 is 8.32 Å². The van der Waals surface area contributed by atoms with E-state index in [9.17, 15) is 0 Å². The summed E-state index contributed by atoms with van der Waals surface area (Å²) in [5, 5.41) is 0. The van der Waals surface area contributed by atoms with Crippen LogP contribution >= 0.6 is 0 Å². The zero-order valence-corrected chi connectivity index (χ0v) is 14.5. The lowest BCUT2D eigenvalue weighted by Gasteiger charge is -2.30. The summed E-state index contributed by atoms with van der Waals surface area (Å²) in [6.45, 7) is 11.8. The molecule has 1 aliphatic rings. The maximum absolute atomic E-state index is 6.26. The van der Waals surface area contributed by atoms with E-state index in [0.717, 1.165) is 19.3 Å². The van der Waals surface area contributed by atoms with E-state index in [1.165, 1.54) is 18.1 Å². The molecular weight excluding hydrogens is 254 g/mol. The SMILES string of the molecule is CC[Si](CC)(CC)OCC(N)C[C@@H]1CCC(C)(C)O1. The molecule has 0 aromatic heterocycles. The van der Waals surface area contributed by atoms with Crippen molar-refractivity contribution in [2.24, 2.45) is 5.73 Å². The molecule has 1 saturated heterocycles. The first-order valence-corrected chi connectivity index (χ1v) is 10.5. The van der Waals surface area contributed by atoms with Crippen molar-refractivity contribution in [3.05, 3.63) is 0 Å². The predicted octanol–water partition coefficient (Wildman–Crippen LogP) is 3.68. The third-order valence-corrected chi connectivity index (χ3v) is 9.30. The number of rotatable bonds is 8. The number of nitrogens with two attached hydrogens (primary N) is 1. The highest BCUT2D eigenvalue weighted by atomic mass is 28.4. The Labute approximate surface area is 120 Å². The van der Waals surface area contributed by atoms with Crippen molar-refractivity contribution in [2.75, 3.05) is 6.61 Å². The smallest absolute Gasteiger partial charge is 0.192 e. The summed E-state index contributed by atoms with van der Waals surface area (Å²) >= 11 is 0. The van der Waals surface area contributed by atoms with Gasteiger partial charge in [-0.2, -0.15) is 0 Å². The van der Waals surface area contributed by atoms with E-state index >= 15 is 0 Å². The normalized spacial score (nSPS) is 24.6. The molecule has 1 heterocycles. The van der Waals surface area contributed by atoms with Gasteiger partial charge in [-0.25, -0.2) is 0 Å². The van der Waals surface area contributed by atoms with Crippen LogP contribution in [0.1, 0.15) is 53.9 Å². The Morgan fingerprint density at radius 2 is 1.84 bits per heavy atom. The average molecular weight is 288 g/mol. The van der Waals surface area contributed by atoms with E-state index in [1.807, 2.05) is 0 Å². The highest BCUT2D eigenvalue weighted by Crippen LogP contribution is 2.31. The summed E-state index contributed by atoms with van der Waals surface area (Å²) in [4.78, 5) is 0. The van der Waals surface area contributed by atoms with Gasteiger partial charge in [0.2, 0.25) is 0 Å². The summed E-state index contributed by atoms with van der Waals surface area (Å²) in [6, 6.07) is 3.70. The molecule has 2 atom stereocenters. The largest absolute Gasteiger partial charge is 0.415 e. The maximum atomic E-state index is 6.26. The fourth-order valence-electron chi connectivity index (χ4n) is 2.99. The van der Waals surface area contributed by atoms with E-state index in [2.05, 4.69) is 34.6 Å². The summed E-state index contributed by atoms with van der Waals surface area (Å²) in [5.41, 5.74) is 6.27. The molecular formula is C15H33NO2Si. The summed E-state index contributed by atoms with van der Waals surface area (Å²) in [6.07, 6.45) is 3.54. The van der Waals surface area contributed by atoms with Gasteiger partial charge < -0.3 is 14.9 Å². The van der Waals surface area contributed by atoms with Crippen LogP contribution in [-0.4, -0.2) is 32.7 Å². The van der Waals surface area contributed by atoms with Gasteiger partial charge in [-0.15, -0.1) is 0 Å². The van der Waals surface area contributed by atoms with E-state index in [1.54, 1.807) is 0 Å². The minimum absolute atomic E-state index is 0.0417. The molecule has 0 radical (unpaired) electrons. The topological polar surface area (TPSA) is 44.5 Å². The minimum atomic E-state index is -1.49. The fraction of sp³-hybridized carbons (Fsp3) is 1.00. The highest BCUT2D eigenvalue weighted by molar-refractivity contribution is 6.73. The summed E-state index contributed by atoms with van der Waals surface area (Å²) in [5.74, 6) is 0. The van der Waals surface area contributed by atoms with Crippen LogP contribution in [0.5, 0.6) is 0 Å². The lowest BCUT2D eigenvalue weighted by atomic mass is 10.0. The van der Waals surface area contributed by atoms with Gasteiger partial charge in [0.25, 0.3) is 0 Å². The first-order valence-electron chi connectivity index (χ1n) is 7.93. The molecule has 1 fully saturated rings. The molecule has 0 bridgehead atoms. The quantitative estimate of drug-likeness (QED) is 0.693. The van der Waals surface area contributed by atoms with Gasteiger partial charge in [-0.3, -0.25) is 0 Å². The van der Waals surface area contributed by atoms with Crippen molar-refractivity contribution in [1.82, 2.24) is 0 Å². The van der Waals surface area contributed by atoms with Gasteiger partial charge in [0, 0.05) is 12.6 Å². The molecule has 0 aromatic carbocycles. The van der Waals surface area contributed by atoms with Gasteiger partial charge in [0.1, 0.15) is 0 Å². The van der Waals surface area contributed by atoms with Crippen LogP contribution in [0.15, 0.2) is 0 Å². The average Bonchev–Trinajstić information content (AvgIpc) is 2.71. The fourth-order valence-corrected chi connectivity index (χ4v) is 5.67. The maximum Gasteiger partial charge on any atom is 0.192 e. The minimum Gasteiger partial charge on any atom is -0.415 e. The van der Waals surface area contributed by atoms with Crippen LogP contribution in [0.3, 0.4) is 0 Å². The van der Waals surface area contributed by atoms with Gasteiger partial charge >= 0.3 is 0 Å². The Kier molecular flexibility index (Phi) is 6.50. The Morgan fingerprint density at radius 3 is 2.26 bits per heavy atom. The summed E-state index contributed by atoms with van der Waals surface area (Å²) in [7, 11) is -1.49. The van der Waals surface area contributed by atoms with Crippen molar-refractivity contribution in [2.45, 2.75) is 89.8 Å². The first kappa shape index (κ1) is 17.1. The molecule has 4 heteroatoms. The second-order valence-electron chi connectivity index (χ2n) is 6.59. The molecule has 0 amide bonds. The molecule has 0 aliphatic carbocycles. The van der Waals surface area contributed by atoms with Gasteiger partial charge in [-0.1, -0.05) is 20.8 Å². The molecule has 114 valence electrons. The third kappa shape index (κ3) is 5.18. The molecule has 0 saturated carbocycles. The Morgan fingerprint density at radius 1 is 1.26 bits per heavy atom. The molecule has 1 aliphatic heterocycles. The zero-order chi connectivity index (χ0) is 14.5. The van der Waals surface area contributed by atoms with E-state index < -0.39 is 8.32 Å².